The first-order valence-corrected chi connectivity index (χ1v) is 8.60. The highest BCUT2D eigenvalue weighted by Gasteiger charge is 2.36. The summed E-state index contributed by atoms with van der Waals surface area (Å²) in [5.41, 5.74) is -0.174. The van der Waals surface area contributed by atoms with Crippen molar-refractivity contribution < 1.29 is 9.90 Å². The van der Waals surface area contributed by atoms with Crippen molar-refractivity contribution in [1.82, 2.24) is 10.2 Å². The number of piperidine rings is 1. The molecule has 4 nitrogen and oxygen atoms in total. The number of aliphatic hydroxyl groups is 1. The molecule has 0 aromatic carbocycles. The predicted molar refractivity (Wildman–Crippen MR) is 85.1 cm³/mol. The first-order valence-electron chi connectivity index (χ1n) is 8.60. The summed E-state index contributed by atoms with van der Waals surface area (Å²) in [7, 11) is 0. The number of amides is 1. The summed E-state index contributed by atoms with van der Waals surface area (Å²) in [4.78, 5) is 14.5. The molecule has 4 heteroatoms. The molecule has 122 valence electrons. The molecule has 1 amide bonds. The lowest BCUT2D eigenvalue weighted by atomic mass is 9.78. The van der Waals surface area contributed by atoms with Crippen molar-refractivity contribution in [2.45, 2.75) is 83.4 Å². The molecule has 0 aromatic heterocycles. The molecule has 3 unspecified atom stereocenters. The van der Waals surface area contributed by atoms with Crippen molar-refractivity contribution in [2.24, 2.45) is 5.92 Å². The van der Waals surface area contributed by atoms with Crippen molar-refractivity contribution in [3.05, 3.63) is 0 Å². The predicted octanol–water partition coefficient (Wildman–Crippen LogP) is 2.31. The van der Waals surface area contributed by atoms with Gasteiger partial charge in [-0.3, -0.25) is 9.69 Å². The van der Waals surface area contributed by atoms with Gasteiger partial charge in [0.15, 0.2) is 0 Å². The summed E-state index contributed by atoms with van der Waals surface area (Å²) in [6.07, 6.45) is 7.77. The Balaban J connectivity index is 1.96. The van der Waals surface area contributed by atoms with E-state index in [0.29, 0.717) is 18.5 Å². The van der Waals surface area contributed by atoms with Crippen LogP contribution in [0.4, 0.5) is 0 Å². The number of carbonyl (C=O) groups is 1. The minimum absolute atomic E-state index is 0.111. The summed E-state index contributed by atoms with van der Waals surface area (Å²) >= 11 is 0. The monoisotopic (exact) mass is 296 g/mol. The van der Waals surface area contributed by atoms with Crippen LogP contribution in [0.25, 0.3) is 0 Å². The summed E-state index contributed by atoms with van der Waals surface area (Å²) < 4.78 is 0. The van der Waals surface area contributed by atoms with Crippen molar-refractivity contribution in [2.75, 3.05) is 13.1 Å². The second kappa shape index (κ2) is 7.10. The minimum Gasteiger partial charge on any atom is -0.393 e. The Morgan fingerprint density at radius 2 is 1.81 bits per heavy atom. The molecule has 2 aliphatic rings. The average molecular weight is 296 g/mol. The molecule has 1 saturated carbocycles. The highest BCUT2D eigenvalue weighted by Crippen LogP contribution is 2.33. The van der Waals surface area contributed by atoms with Gasteiger partial charge in [0.05, 0.1) is 12.6 Å². The van der Waals surface area contributed by atoms with Crippen LogP contribution in [0.2, 0.25) is 0 Å². The van der Waals surface area contributed by atoms with Gasteiger partial charge in [0.25, 0.3) is 0 Å². The van der Waals surface area contributed by atoms with Crippen LogP contribution in [0.3, 0.4) is 0 Å². The zero-order chi connectivity index (χ0) is 15.5. The second-order valence-electron chi connectivity index (χ2n) is 7.85. The standard InChI is InChI=1S/C17H32N2O2/c1-17(2,3)18-16(21)12-19-11-7-6-9-14(19)13-8-4-5-10-15(13)20/h13-15,20H,4-12H2,1-3H3,(H,18,21). The number of hydrogen-bond donors (Lipinski definition) is 2. The zero-order valence-corrected chi connectivity index (χ0v) is 13.9. The van der Waals surface area contributed by atoms with Crippen LogP contribution in [-0.4, -0.2) is 46.7 Å². The molecule has 1 aliphatic heterocycles. The van der Waals surface area contributed by atoms with Gasteiger partial charge in [0.2, 0.25) is 5.91 Å². The summed E-state index contributed by atoms with van der Waals surface area (Å²) in [5.74, 6) is 0.473. The second-order valence-corrected chi connectivity index (χ2v) is 7.85. The summed E-state index contributed by atoms with van der Waals surface area (Å²) in [5, 5.41) is 13.4. The van der Waals surface area contributed by atoms with Crippen molar-refractivity contribution >= 4 is 5.91 Å². The maximum Gasteiger partial charge on any atom is 0.234 e. The summed E-state index contributed by atoms with van der Waals surface area (Å²) in [6, 6.07) is 0.389. The molecule has 0 radical (unpaired) electrons. The van der Waals surface area contributed by atoms with Gasteiger partial charge in [-0.15, -0.1) is 0 Å². The van der Waals surface area contributed by atoms with Gasteiger partial charge in [0.1, 0.15) is 0 Å². The fourth-order valence-electron chi connectivity index (χ4n) is 3.93. The minimum atomic E-state index is -0.174. The fourth-order valence-corrected chi connectivity index (χ4v) is 3.93. The molecule has 1 heterocycles. The van der Waals surface area contributed by atoms with Gasteiger partial charge in [-0.2, -0.15) is 0 Å². The Morgan fingerprint density at radius 1 is 1.14 bits per heavy atom. The number of rotatable bonds is 3. The van der Waals surface area contributed by atoms with Crippen LogP contribution >= 0.6 is 0 Å². The number of aliphatic hydroxyl groups excluding tert-OH is 1. The molecule has 1 saturated heterocycles. The zero-order valence-electron chi connectivity index (χ0n) is 13.9. The maximum absolute atomic E-state index is 12.2. The van der Waals surface area contributed by atoms with E-state index in [1.165, 1.54) is 19.3 Å². The lowest BCUT2D eigenvalue weighted by Crippen LogP contribution is -2.53. The Hall–Kier alpha value is -0.610. The number of nitrogens with zero attached hydrogens (tertiary/aromatic N) is 1. The maximum atomic E-state index is 12.2. The number of hydrogen-bond acceptors (Lipinski definition) is 3. The van der Waals surface area contributed by atoms with E-state index >= 15 is 0 Å². The SMILES string of the molecule is CC(C)(C)NC(=O)CN1CCCCC1C1CCCCC1O. The van der Waals surface area contributed by atoms with Crippen molar-refractivity contribution in [3.63, 3.8) is 0 Å². The number of carbonyl (C=O) groups excluding carboxylic acids is 1. The first kappa shape index (κ1) is 16.8. The van der Waals surface area contributed by atoms with Gasteiger partial charge in [-0.05, 0) is 53.0 Å². The van der Waals surface area contributed by atoms with Crippen molar-refractivity contribution in [1.29, 1.82) is 0 Å². The number of likely N-dealkylation sites (tertiary alicyclic amines) is 1. The van der Waals surface area contributed by atoms with Gasteiger partial charge in [0, 0.05) is 17.5 Å². The van der Waals surface area contributed by atoms with Gasteiger partial charge < -0.3 is 10.4 Å². The van der Waals surface area contributed by atoms with E-state index in [4.69, 9.17) is 0 Å². The van der Waals surface area contributed by atoms with Crippen LogP contribution in [0, 0.1) is 5.92 Å². The fraction of sp³-hybridized carbons (Fsp3) is 0.941. The lowest BCUT2D eigenvalue weighted by molar-refractivity contribution is -0.125. The van der Waals surface area contributed by atoms with Crippen LogP contribution < -0.4 is 5.32 Å². The largest absolute Gasteiger partial charge is 0.393 e. The van der Waals surface area contributed by atoms with Gasteiger partial charge in [-0.1, -0.05) is 19.3 Å². The molecule has 3 atom stereocenters. The van der Waals surface area contributed by atoms with Gasteiger partial charge >= 0.3 is 0 Å². The molecule has 21 heavy (non-hydrogen) atoms. The smallest absolute Gasteiger partial charge is 0.234 e. The lowest BCUT2D eigenvalue weighted by Gasteiger charge is -2.43. The Labute approximate surface area is 129 Å². The van der Waals surface area contributed by atoms with Crippen LogP contribution in [0.5, 0.6) is 0 Å². The third-order valence-corrected chi connectivity index (χ3v) is 4.80. The average Bonchev–Trinajstić information content (AvgIpc) is 2.38. The molecule has 0 aromatic rings. The molecule has 0 bridgehead atoms. The van der Waals surface area contributed by atoms with E-state index in [1.54, 1.807) is 0 Å². The highest BCUT2D eigenvalue weighted by atomic mass is 16.3. The normalized spacial score (nSPS) is 31.9. The Bertz CT molecular complexity index is 351. The van der Waals surface area contributed by atoms with E-state index in [-0.39, 0.29) is 17.6 Å². The first-order chi connectivity index (χ1) is 9.87. The molecular formula is C17H32N2O2. The van der Waals surface area contributed by atoms with Crippen LogP contribution in [0.15, 0.2) is 0 Å². The topological polar surface area (TPSA) is 52.6 Å². The Morgan fingerprint density at radius 3 is 2.48 bits per heavy atom. The third-order valence-electron chi connectivity index (χ3n) is 4.80. The molecule has 2 fully saturated rings. The third kappa shape index (κ3) is 4.96. The quantitative estimate of drug-likeness (QED) is 0.840. The van der Waals surface area contributed by atoms with Gasteiger partial charge in [-0.25, -0.2) is 0 Å². The molecule has 2 N–H and O–H groups in total. The number of nitrogens with one attached hydrogen (secondary N) is 1. The molecule has 1 aliphatic carbocycles. The van der Waals surface area contributed by atoms with E-state index in [0.717, 1.165) is 32.2 Å². The van der Waals surface area contributed by atoms with E-state index in [2.05, 4.69) is 10.2 Å². The highest BCUT2D eigenvalue weighted by molar-refractivity contribution is 5.78. The van der Waals surface area contributed by atoms with Crippen molar-refractivity contribution in [3.8, 4) is 0 Å². The van der Waals surface area contributed by atoms with E-state index in [9.17, 15) is 9.90 Å². The molecule has 0 spiro atoms. The van der Waals surface area contributed by atoms with E-state index in [1.807, 2.05) is 20.8 Å². The Kier molecular flexibility index (Phi) is 5.67. The molecule has 2 rings (SSSR count). The van der Waals surface area contributed by atoms with Crippen LogP contribution in [0.1, 0.15) is 65.7 Å². The molecular weight excluding hydrogens is 264 g/mol. The van der Waals surface area contributed by atoms with Crippen LogP contribution in [-0.2, 0) is 4.79 Å². The van der Waals surface area contributed by atoms with E-state index < -0.39 is 0 Å². The summed E-state index contributed by atoms with van der Waals surface area (Å²) in [6.45, 7) is 7.52.